The summed E-state index contributed by atoms with van der Waals surface area (Å²) in [5.41, 5.74) is 8.69. The summed E-state index contributed by atoms with van der Waals surface area (Å²) in [4.78, 5) is 29.6. The van der Waals surface area contributed by atoms with Crippen LogP contribution >= 0.6 is 0 Å². The first kappa shape index (κ1) is 21.1. The lowest BCUT2D eigenvalue weighted by Gasteiger charge is -2.00. The molecular weight excluding hydrogens is 462 g/mol. The predicted octanol–water partition coefficient (Wildman–Crippen LogP) is 6.48. The average molecular weight is 482 g/mol. The Kier molecular flexibility index (Phi) is 4.66. The van der Waals surface area contributed by atoms with Crippen molar-refractivity contribution in [3.8, 4) is 11.5 Å². The van der Waals surface area contributed by atoms with Gasteiger partial charge in [-0.15, -0.1) is 0 Å². The maximum absolute atomic E-state index is 12.5. The third kappa shape index (κ3) is 3.63. The van der Waals surface area contributed by atoms with E-state index in [4.69, 9.17) is 4.42 Å². The van der Waals surface area contributed by atoms with Gasteiger partial charge in [0.05, 0.1) is 0 Å². The van der Waals surface area contributed by atoms with Crippen LogP contribution in [0, 0.1) is 0 Å². The largest absolute Gasteiger partial charge is 0.436 e. The molecule has 2 aliphatic heterocycles. The van der Waals surface area contributed by atoms with E-state index in [1.165, 1.54) is 0 Å². The minimum Gasteiger partial charge on any atom is -0.436 e. The zero-order valence-electron chi connectivity index (χ0n) is 19.5. The normalized spacial score (nSPS) is 16.2. The van der Waals surface area contributed by atoms with Gasteiger partial charge in [0.25, 0.3) is 11.8 Å². The molecule has 0 radical (unpaired) electrons. The minimum atomic E-state index is -0.115. The van der Waals surface area contributed by atoms with Crippen LogP contribution in [0.2, 0.25) is 0 Å². The quantitative estimate of drug-likeness (QED) is 0.289. The van der Waals surface area contributed by atoms with E-state index in [2.05, 4.69) is 15.6 Å². The van der Waals surface area contributed by atoms with Gasteiger partial charge in [-0.1, -0.05) is 54.6 Å². The van der Waals surface area contributed by atoms with Crippen molar-refractivity contribution in [2.45, 2.75) is 0 Å². The van der Waals surface area contributed by atoms with Crippen molar-refractivity contribution in [2.75, 3.05) is 10.6 Å². The molecule has 3 heterocycles. The van der Waals surface area contributed by atoms with Gasteiger partial charge in [0.2, 0.25) is 5.89 Å². The van der Waals surface area contributed by atoms with Crippen LogP contribution in [0.3, 0.4) is 0 Å². The van der Waals surface area contributed by atoms with E-state index in [0.717, 1.165) is 39.2 Å². The first-order valence-electron chi connectivity index (χ1n) is 11.9. The van der Waals surface area contributed by atoms with Gasteiger partial charge in [-0.05, 0) is 59.7 Å². The molecule has 7 rings (SSSR count). The van der Waals surface area contributed by atoms with Gasteiger partial charge in [-0.25, -0.2) is 4.98 Å². The summed E-state index contributed by atoms with van der Waals surface area (Å²) in [6, 6.07) is 28.7. The van der Waals surface area contributed by atoms with Crippen LogP contribution < -0.4 is 10.6 Å². The Morgan fingerprint density at radius 2 is 1.22 bits per heavy atom. The second-order valence-corrected chi connectivity index (χ2v) is 8.98. The zero-order valence-corrected chi connectivity index (χ0v) is 19.5. The maximum atomic E-state index is 12.5. The summed E-state index contributed by atoms with van der Waals surface area (Å²) in [5.74, 6) is 0.288. The molecule has 0 bridgehead atoms. The van der Waals surface area contributed by atoms with Gasteiger partial charge in [-0.3, -0.25) is 9.59 Å². The number of para-hydroxylation sites is 2. The van der Waals surface area contributed by atoms with Crippen molar-refractivity contribution in [1.82, 2.24) is 4.98 Å². The highest BCUT2D eigenvalue weighted by molar-refractivity contribution is 6.35. The van der Waals surface area contributed by atoms with Crippen molar-refractivity contribution in [3.05, 3.63) is 113 Å². The Morgan fingerprint density at radius 1 is 0.649 bits per heavy atom. The fourth-order valence-corrected chi connectivity index (χ4v) is 4.78. The van der Waals surface area contributed by atoms with Crippen LogP contribution in [0.5, 0.6) is 0 Å². The van der Waals surface area contributed by atoms with Gasteiger partial charge in [-0.2, -0.15) is 0 Å². The lowest BCUT2D eigenvalue weighted by molar-refractivity contribution is -0.111. The summed E-state index contributed by atoms with van der Waals surface area (Å²) in [7, 11) is 0. The minimum absolute atomic E-state index is 0.103. The molecule has 0 unspecified atom stereocenters. The number of hydrogen-bond acceptors (Lipinski definition) is 4. The number of carbonyl (C=O) groups is 2. The zero-order chi connectivity index (χ0) is 24.9. The highest BCUT2D eigenvalue weighted by Gasteiger charge is 2.24. The molecule has 0 saturated carbocycles. The van der Waals surface area contributed by atoms with E-state index in [1.54, 1.807) is 0 Å². The average Bonchev–Trinajstić information content (AvgIpc) is 3.58. The molecule has 5 aromatic rings. The first-order valence-corrected chi connectivity index (χ1v) is 11.9. The standard InChI is InChI=1S/C31H19N3O3/c35-29-23(21-5-1-3-7-25(21)32-29)15-18-9-12-20(13-10-18)31-34-27-17-19(11-14-28(27)37-31)16-24-22-6-2-4-8-26(22)33-30(24)36/h1-17H,(H,32,35)(H,33,36). The monoisotopic (exact) mass is 481 g/mol. The SMILES string of the molecule is O=C1Nc2ccccc2C1=Cc1ccc(-c2nc3cc(C=C4C(=O)Nc5ccccc54)ccc3o2)cc1. The van der Waals surface area contributed by atoms with Crippen LogP contribution in [-0.2, 0) is 9.59 Å². The Hall–Kier alpha value is -5.23. The molecule has 2 N–H and O–H groups in total. The number of aromatic nitrogens is 1. The van der Waals surface area contributed by atoms with Crippen LogP contribution in [0.1, 0.15) is 22.3 Å². The number of oxazole rings is 1. The Balaban J connectivity index is 1.18. The summed E-state index contributed by atoms with van der Waals surface area (Å²) in [5, 5.41) is 5.79. The van der Waals surface area contributed by atoms with E-state index in [0.29, 0.717) is 28.1 Å². The molecule has 6 heteroatoms. The predicted molar refractivity (Wildman–Crippen MR) is 145 cm³/mol. The van der Waals surface area contributed by atoms with Gasteiger partial charge < -0.3 is 15.1 Å². The number of nitrogens with one attached hydrogen (secondary N) is 2. The number of amides is 2. The van der Waals surface area contributed by atoms with Gasteiger partial charge in [0.15, 0.2) is 5.58 Å². The molecule has 176 valence electrons. The molecule has 0 spiro atoms. The molecular formula is C31H19N3O3. The number of nitrogens with zero attached hydrogens (tertiary/aromatic N) is 1. The number of carbonyl (C=O) groups excluding carboxylic acids is 2. The van der Waals surface area contributed by atoms with Crippen molar-refractivity contribution >= 4 is 57.6 Å². The highest BCUT2D eigenvalue weighted by Crippen LogP contribution is 2.35. The van der Waals surface area contributed by atoms with Gasteiger partial charge in [0.1, 0.15) is 5.52 Å². The smallest absolute Gasteiger partial charge is 0.256 e. The molecule has 6 nitrogen and oxygen atoms in total. The van der Waals surface area contributed by atoms with E-state index >= 15 is 0 Å². The van der Waals surface area contributed by atoms with Crippen LogP contribution in [-0.4, -0.2) is 16.8 Å². The molecule has 2 aliphatic rings. The molecule has 0 atom stereocenters. The lowest BCUT2D eigenvalue weighted by atomic mass is 10.0. The number of rotatable bonds is 3. The molecule has 37 heavy (non-hydrogen) atoms. The van der Waals surface area contributed by atoms with Crippen LogP contribution in [0.4, 0.5) is 11.4 Å². The van der Waals surface area contributed by atoms with Gasteiger partial charge in [0, 0.05) is 39.2 Å². The Morgan fingerprint density at radius 3 is 1.86 bits per heavy atom. The van der Waals surface area contributed by atoms with E-state index < -0.39 is 0 Å². The maximum Gasteiger partial charge on any atom is 0.256 e. The fourth-order valence-electron chi connectivity index (χ4n) is 4.78. The molecule has 0 fully saturated rings. The van der Waals surface area contributed by atoms with Crippen LogP contribution in [0.25, 0.3) is 45.9 Å². The summed E-state index contributed by atoms with van der Waals surface area (Å²) in [6.45, 7) is 0. The van der Waals surface area contributed by atoms with Crippen molar-refractivity contribution < 1.29 is 14.0 Å². The number of hydrogen-bond donors (Lipinski definition) is 2. The second kappa shape index (κ2) is 8.17. The number of benzene rings is 4. The van der Waals surface area contributed by atoms with E-state index in [-0.39, 0.29) is 11.8 Å². The highest BCUT2D eigenvalue weighted by atomic mass is 16.3. The second-order valence-electron chi connectivity index (χ2n) is 8.98. The first-order chi connectivity index (χ1) is 18.1. The molecule has 1 aromatic heterocycles. The molecule has 0 saturated heterocycles. The van der Waals surface area contributed by atoms with Gasteiger partial charge >= 0.3 is 0 Å². The third-order valence-corrected chi connectivity index (χ3v) is 6.61. The van der Waals surface area contributed by atoms with Crippen molar-refractivity contribution in [2.24, 2.45) is 0 Å². The summed E-state index contributed by atoms with van der Waals surface area (Å²) in [6.07, 6.45) is 3.75. The van der Waals surface area contributed by atoms with E-state index in [1.807, 2.05) is 103 Å². The number of anilines is 2. The molecule has 2 amide bonds. The molecule has 0 aliphatic carbocycles. The van der Waals surface area contributed by atoms with E-state index in [9.17, 15) is 9.59 Å². The van der Waals surface area contributed by atoms with Crippen molar-refractivity contribution in [1.29, 1.82) is 0 Å². The molecule has 4 aromatic carbocycles. The third-order valence-electron chi connectivity index (χ3n) is 6.61. The lowest BCUT2D eigenvalue weighted by Crippen LogP contribution is -2.03. The summed E-state index contributed by atoms with van der Waals surface area (Å²) >= 11 is 0. The fraction of sp³-hybridized carbons (Fsp3) is 0. The Bertz CT molecular complexity index is 1810. The Labute approximate surface area is 212 Å². The van der Waals surface area contributed by atoms with Crippen molar-refractivity contribution in [3.63, 3.8) is 0 Å². The van der Waals surface area contributed by atoms with Crippen LogP contribution in [0.15, 0.2) is 95.4 Å². The summed E-state index contributed by atoms with van der Waals surface area (Å²) < 4.78 is 6.00. The number of fused-ring (bicyclic) bond motifs is 3. The topological polar surface area (TPSA) is 84.2 Å².